The van der Waals surface area contributed by atoms with E-state index in [0.717, 1.165) is 16.5 Å². The van der Waals surface area contributed by atoms with Crippen molar-refractivity contribution in [1.29, 1.82) is 5.26 Å². The van der Waals surface area contributed by atoms with Gasteiger partial charge in [0.25, 0.3) is 0 Å². The third-order valence-electron chi connectivity index (χ3n) is 3.10. The SMILES string of the molecule is Cc1ccc(-c2nnc(Sc3ccc(C#N)nn3)n2C)cc1. The Hall–Kier alpha value is -2.72. The summed E-state index contributed by atoms with van der Waals surface area (Å²) in [6.45, 7) is 2.05. The number of aromatic nitrogens is 5. The van der Waals surface area contributed by atoms with Crippen LogP contribution >= 0.6 is 11.8 Å². The average molecular weight is 308 g/mol. The molecule has 0 fully saturated rings. The highest BCUT2D eigenvalue weighted by Gasteiger charge is 2.12. The Morgan fingerprint density at radius 3 is 2.41 bits per heavy atom. The lowest BCUT2D eigenvalue weighted by atomic mass is 10.1. The minimum atomic E-state index is 0.294. The molecule has 0 aliphatic rings. The molecule has 2 aromatic heterocycles. The summed E-state index contributed by atoms with van der Waals surface area (Å²) in [5.74, 6) is 0.795. The van der Waals surface area contributed by atoms with E-state index in [2.05, 4.69) is 20.4 Å². The lowest BCUT2D eigenvalue weighted by Gasteiger charge is -2.03. The van der Waals surface area contributed by atoms with E-state index in [4.69, 9.17) is 5.26 Å². The van der Waals surface area contributed by atoms with Gasteiger partial charge in [-0.1, -0.05) is 29.8 Å². The van der Waals surface area contributed by atoms with Crippen molar-refractivity contribution in [3.8, 4) is 17.5 Å². The molecule has 0 atom stereocenters. The molecule has 3 rings (SSSR count). The predicted octanol–water partition coefficient (Wildman–Crippen LogP) is 2.60. The van der Waals surface area contributed by atoms with E-state index < -0.39 is 0 Å². The predicted molar refractivity (Wildman–Crippen MR) is 82.0 cm³/mol. The molecule has 0 unspecified atom stereocenters. The van der Waals surface area contributed by atoms with Crippen molar-refractivity contribution in [3.63, 3.8) is 0 Å². The Labute approximate surface area is 131 Å². The van der Waals surface area contributed by atoms with Gasteiger partial charge in [-0.3, -0.25) is 0 Å². The standard InChI is InChI=1S/C15H12N6S/c1-10-3-5-11(6-4-10)14-19-20-15(21(14)2)22-13-8-7-12(9-16)17-18-13/h3-8H,1-2H3. The zero-order chi connectivity index (χ0) is 15.5. The summed E-state index contributed by atoms with van der Waals surface area (Å²) in [4.78, 5) is 0. The molecule has 0 saturated heterocycles. The van der Waals surface area contributed by atoms with Crippen molar-refractivity contribution in [2.75, 3.05) is 0 Å². The molecular formula is C15H12N6S. The van der Waals surface area contributed by atoms with Gasteiger partial charge in [0.1, 0.15) is 11.1 Å². The second-order valence-electron chi connectivity index (χ2n) is 4.70. The third kappa shape index (κ3) is 2.82. The van der Waals surface area contributed by atoms with Crippen LogP contribution in [0.25, 0.3) is 11.4 Å². The van der Waals surface area contributed by atoms with Gasteiger partial charge in [0.05, 0.1) is 0 Å². The number of hydrogen-bond acceptors (Lipinski definition) is 6. The van der Waals surface area contributed by atoms with Gasteiger partial charge < -0.3 is 4.57 Å². The maximum atomic E-state index is 8.73. The zero-order valence-corrected chi connectivity index (χ0v) is 12.9. The van der Waals surface area contributed by atoms with Crippen LogP contribution in [0.2, 0.25) is 0 Å². The molecule has 108 valence electrons. The summed E-state index contributed by atoms with van der Waals surface area (Å²) < 4.78 is 1.91. The summed E-state index contributed by atoms with van der Waals surface area (Å²) in [5, 5.41) is 26.3. The van der Waals surface area contributed by atoms with Crippen molar-refractivity contribution >= 4 is 11.8 Å². The fraction of sp³-hybridized carbons (Fsp3) is 0.133. The van der Waals surface area contributed by atoms with E-state index >= 15 is 0 Å². The molecule has 0 aliphatic carbocycles. The van der Waals surface area contributed by atoms with Crippen molar-refractivity contribution in [2.45, 2.75) is 17.1 Å². The highest BCUT2D eigenvalue weighted by atomic mass is 32.2. The monoisotopic (exact) mass is 308 g/mol. The highest BCUT2D eigenvalue weighted by molar-refractivity contribution is 7.99. The van der Waals surface area contributed by atoms with Gasteiger partial charge in [0.15, 0.2) is 16.7 Å². The van der Waals surface area contributed by atoms with E-state index in [-0.39, 0.29) is 0 Å². The van der Waals surface area contributed by atoms with E-state index in [0.29, 0.717) is 10.7 Å². The smallest absolute Gasteiger partial charge is 0.197 e. The minimum Gasteiger partial charge on any atom is -0.305 e. The summed E-state index contributed by atoms with van der Waals surface area (Å²) in [5.41, 5.74) is 2.51. The Balaban J connectivity index is 1.86. The summed E-state index contributed by atoms with van der Waals surface area (Å²) in [6.07, 6.45) is 0. The Kier molecular flexibility index (Phi) is 3.85. The molecule has 22 heavy (non-hydrogen) atoms. The number of nitriles is 1. The average Bonchev–Trinajstić information content (AvgIpc) is 2.90. The van der Waals surface area contributed by atoms with Gasteiger partial charge in [0, 0.05) is 12.6 Å². The fourth-order valence-corrected chi connectivity index (χ4v) is 2.60. The molecule has 7 heteroatoms. The molecule has 6 nitrogen and oxygen atoms in total. The molecule has 0 amide bonds. The lowest BCUT2D eigenvalue weighted by molar-refractivity contribution is 0.789. The van der Waals surface area contributed by atoms with Gasteiger partial charge in [-0.25, -0.2) is 0 Å². The first-order chi connectivity index (χ1) is 10.7. The van der Waals surface area contributed by atoms with Crippen molar-refractivity contribution < 1.29 is 0 Å². The molecule has 0 saturated carbocycles. The zero-order valence-electron chi connectivity index (χ0n) is 12.1. The number of rotatable bonds is 3. The van der Waals surface area contributed by atoms with Crippen LogP contribution < -0.4 is 0 Å². The largest absolute Gasteiger partial charge is 0.305 e. The highest BCUT2D eigenvalue weighted by Crippen LogP contribution is 2.27. The maximum absolute atomic E-state index is 8.73. The van der Waals surface area contributed by atoms with Crippen molar-refractivity contribution in [2.24, 2.45) is 7.05 Å². The molecule has 3 aromatic rings. The van der Waals surface area contributed by atoms with Crippen LogP contribution in [0.1, 0.15) is 11.3 Å². The van der Waals surface area contributed by atoms with Crippen LogP contribution in [0.15, 0.2) is 46.6 Å². The van der Waals surface area contributed by atoms with E-state index in [1.807, 2.05) is 48.9 Å². The molecule has 0 radical (unpaired) electrons. The molecule has 0 spiro atoms. The quantitative estimate of drug-likeness (QED) is 0.740. The van der Waals surface area contributed by atoms with Crippen molar-refractivity contribution in [3.05, 3.63) is 47.7 Å². The number of aryl methyl sites for hydroxylation is 1. The third-order valence-corrected chi connectivity index (χ3v) is 4.06. The van der Waals surface area contributed by atoms with Gasteiger partial charge in [-0.05, 0) is 30.8 Å². The first-order valence-electron chi connectivity index (χ1n) is 6.55. The van der Waals surface area contributed by atoms with Crippen LogP contribution in [-0.2, 0) is 7.05 Å². The van der Waals surface area contributed by atoms with Crippen LogP contribution in [0.4, 0.5) is 0 Å². The Morgan fingerprint density at radius 1 is 1.00 bits per heavy atom. The second kappa shape index (κ2) is 5.95. The molecular weight excluding hydrogens is 296 g/mol. The summed E-state index contributed by atoms with van der Waals surface area (Å²) >= 11 is 1.36. The Bertz CT molecular complexity index is 830. The van der Waals surface area contributed by atoms with Gasteiger partial charge in [-0.15, -0.1) is 20.4 Å². The minimum absolute atomic E-state index is 0.294. The van der Waals surface area contributed by atoms with E-state index in [1.54, 1.807) is 12.1 Å². The maximum Gasteiger partial charge on any atom is 0.197 e. The van der Waals surface area contributed by atoms with Gasteiger partial charge >= 0.3 is 0 Å². The first-order valence-corrected chi connectivity index (χ1v) is 7.37. The van der Waals surface area contributed by atoms with Gasteiger partial charge in [-0.2, -0.15) is 5.26 Å². The summed E-state index contributed by atoms with van der Waals surface area (Å²) in [6, 6.07) is 13.5. The van der Waals surface area contributed by atoms with Crippen LogP contribution in [-0.4, -0.2) is 25.0 Å². The van der Waals surface area contributed by atoms with Crippen LogP contribution in [0, 0.1) is 18.3 Å². The molecule has 0 N–H and O–H groups in total. The van der Waals surface area contributed by atoms with E-state index in [1.165, 1.54) is 17.3 Å². The Morgan fingerprint density at radius 2 is 1.77 bits per heavy atom. The fourth-order valence-electron chi connectivity index (χ4n) is 1.89. The first kappa shape index (κ1) is 14.2. The number of nitrogens with zero attached hydrogens (tertiary/aromatic N) is 6. The number of hydrogen-bond donors (Lipinski definition) is 0. The van der Waals surface area contributed by atoms with Crippen LogP contribution in [0.3, 0.4) is 0 Å². The molecule has 0 aliphatic heterocycles. The lowest BCUT2D eigenvalue weighted by Crippen LogP contribution is -1.96. The van der Waals surface area contributed by atoms with Crippen molar-refractivity contribution in [1.82, 2.24) is 25.0 Å². The van der Waals surface area contributed by atoms with Crippen LogP contribution in [0.5, 0.6) is 0 Å². The van der Waals surface area contributed by atoms with Gasteiger partial charge in [0.2, 0.25) is 0 Å². The molecule has 2 heterocycles. The topological polar surface area (TPSA) is 80.3 Å². The summed E-state index contributed by atoms with van der Waals surface area (Å²) in [7, 11) is 1.91. The second-order valence-corrected chi connectivity index (χ2v) is 5.69. The molecule has 0 bridgehead atoms. The van der Waals surface area contributed by atoms with E-state index in [9.17, 15) is 0 Å². The molecule has 1 aromatic carbocycles. The normalized spacial score (nSPS) is 10.4. The number of benzene rings is 1.